The Morgan fingerprint density at radius 3 is 2.20 bits per heavy atom. The van der Waals surface area contributed by atoms with Crippen molar-refractivity contribution in [2.45, 2.75) is 25.9 Å². The molecule has 3 aromatic rings. The van der Waals surface area contributed by atoms with Crippen LogP contribution in [-0.4, -0.2) is 24.8 Å². The Kier molecular flexibility index (Phi) is 6.99. The molecule has 5 nitrogen and oxygen atoms in total. The van der Waals surface area contributed by atoms with E-state index in [2.05, 4.69) is 10.6 Å². The molecule has 0 saturated heterocycles. The second-order valence-corrected chi connectivity index (χ2v) is 7.08. The molecule has 3 aromatic carbocycles. The highest BCUT2D eigenvalue weighted by Crippen LogP contribution is 2.25. The van der Waals surface area contributed by atoms with E-state index in [9.17, 15) is 9.59 Å². The van der Waals surface area contributed by atoms with E-state index in [4.69, 9.17) is 4.74 Å². The van der Waals surface area contributed by atoms with Crippen molar-refractivity contribution >= 4 is 17.4 Å². The van der Waals surface area contributed by atoms with Crippen LogP contribution in [0.25, 0.3) is 0 Å². The minimum absolute atomic E-state index is 0.0944. The van der Waals surface area contributed by atoms with Crippen LogP contribution in [0.1, 0.15) is 41.4 Å². The van der Waals surface area contributed by atoms with Gasteiger partial charge in [-0.3, -0.25) is 14.9 Å². The normalized spacial score (nSPS) is 12.6. The van der Waals surface area contributed by atoms with Gasteiger partial charge in [0.1, 0.15) is 5.75 Å². The molecule has 30 heavy (non-hydrogen) atoms. The number of ketones is 1. The number of para-hydroxylation sites is 2. The van der Waals surface area contributed by atoms with Gasteiger partial charge in [-0.05, 0) is 32.0 Å². The first-order chi connectivity index (χ1) is 14.5. The van der Waals surface area contributed by atoms with Crippen LogP contribution < -0.4 is 15.4 Å². The van der Waals surface area contributed by atoms with Gasteiger partial charge in [0.05, 0.1) is 18.8 Å². The van der Waals surface area contributed by atoms with Gasteiger partial charge in [0.15, 0.2) is 5.78 Å². The van der Waals surface area contributed by atoms with Gasteiger partial charge in [-0.1, -0.05) is 60.7 Å². The summed E-state index contributed by atoms with van der Waals surface area (Å²) in [4.78, 5) is 25.7. The highest BCUT2D eigenvalue weighted by Gasteiger charge is 2.20. The number of methoxy groups -OCH3 is 1. The number of amides is 1. The molecule has 0 aliphatic heterocycles. The number of hydrogen-bond donors (Lipinski definition) is 2. The predicted molar refractivity (Wildman–Crippen MR) is 119 cm³/mol. The van der Waals surface area contributed by atoms with Crippen LogP contribution in [0.3, 0.4) is 0 Å². The van der Waals surface area contributed by atoms with Crippen molar-refractivity contribution in [1.29, 1.82) is 0 Å². The molecule has 3 rings (SSSR count). The lowest BCUT2D eigenvalue weighted by Gasteiger charge is -2.22. The Morgan fingerprint density at radius 2 is 1.47 bits per heavy atom. The Labute approximate surface area is 177 Å². The van der Waals surface area contributed by atoms with Crippen molar-refractivity contribution < 1.29 is 14.3 Å². The Morgan fingerprint density at radius 1 is 0.833 bits per heavy atom. The lowest BCUT2D eigenvalue weighted by Crippen LogP contribution is -2.39. The quantitative estimate of drug-likeness (QED) is 0.540. The van der Waals surface area contributed by atoms with Crippen LogP contribution >= 0.6 is 0 Å². The fraction of sp³-hybridized carbons (Fsp3) is 0.200. The van der Waals surface area contributed by atoms with Gasteiger partial charge in [-0.15, -0.1) is 0 Å². The maximum Gasteiger partial charge on any atom is 0.241 e. The standard InChI is InChI=1S/C25H26N2O3/c1-17(20-13-8-10-16-23(20)30-3)26-18(2)25(29)27-22-15-9-7-14-21(22)24(28)19-11-5-4-6-12-19/h4-18,26H,1-3H3,(H,27,29)/t17-,18-/m1/s1. The predicted octanol–water partition coefficient (Wildman–Crippen LogP) is 4.60. The molecule has 0 bridgehead atoms. The average molecular weight is 402 g/mol. The molecule has 2 atom stereocenters. The summed E-state index contributed by atoms with van der Waals surface area (Å²) in [6.07, 6.45) is 0. The molecule has 0 aromatic heterocycles. The zero-order valence-electron chi connectivity index (χ0n) is 17.4. The van der Waals surface area contributed by atoms with Gasteiger partial charge in [-0.25, -0.2) is 0 Å². The first kappa shape index (κ1) is 21.3. The van der Waals surface area contributed by atoms with E-state index in [1.807, 2.05) is 49.4 Å². The number of nitrogens with one attached hydrogen (secondary N) is 2. The smallest absolute Gasteiger partial charge is 0.241 e. The average Bonchev–Trinajstić information content (AvgIpc) is 2.79. The fourth-order valence-electron chi connectivity index (χ4n) is 3.34. The van der Waals surface area contributed by atoms with Crippen LogP contribution in [-0.2, 0) is 4.79 Å². The molecule has 2 N–H and O–H groups in total. The molecule has 0 fully saturated rings. The van der Waals surface area contributed by atoms with E-state index in [-0.39, 0.29) is 17.7 Å². The Balaban J connectivity index is 1.72. The zero-order chi connectivity index (χ0) is 21.5. The van der Waals surface area contributed by atoms with E-state index < -0.39 is 6.04 Å². The molecule has 0 aliphatic carbocycles. The lowest BCUT2D eigenvalue weighted by molar-refractivity contribution is -0.117. The summed E-state index contributed by atoms with van der Waals surface area (Å²) < 4.78 is 5.41. The minimum atomic E-state index is -0.482. The second kappa shape index (κ2) is 9.85. The number of carbonyl (C=O) groups is 2. The number of hydrogen-bond acceptors (Lipinski definition) is 4. The Hall–Kier alpha value is -3.44. The van der Waals surface area contributed by atoms with Gasteiger partial charge in [0, 0.05) is 22.7 Å². The summed E-state index contributed by atoms with van der Waals surface area (Å²) in [5, 5.41) is 6.19. The maximum absolute atomic E-state index is 12.9. The van der Waals surface area contributed by atoms with Crippen molar-refractivity contribution in [3.63, 3.8) is 0 Å². The summed E-state index contributed by atoms with van der Waals surface area (Å²) in [5.74, 6) is 0.420. The van der Waals surface area contributed by atoms with Crippen LogP contribution in [0.4, 0.5) is 5.69 Å². The van der Waals surface area contributed by atoms with Gasteiger partial charge in [0.25, 0.3) is 0 Å². The third-order valence-corrected chi connectivity index (χ3v) is 4.96. The molecular formula is C25H26N2O3. The maximum atomic E-state index is 12.9. The highest BCUT2D eigenvalue weighted by molar-refractivity contribution is 6.14. The van der Waals surface area contributed by atoms with E-state index in [1.165, 1.54) is 0 Å². The van der Waals surface area contributed by atoms with Crippen molar-refractivity contribution in [2.75, 3.05) is 12.4 Å². The van der Waals surface area contributed by atoms with Crippen LogP contribution in [0, 0.1) is 0 Å². The third-order valence-electron chi connectivity index (χ3n) is 4.96. The largest absolute Gasteiger partial charge is 0.496 e. The molecule has 0 aliphatic rings. The molecule has 0 radical (unpaired) electrons. The second-order valence-electron chi connectivity index (χ2n) is 7.08. The first-order valence-electron chi connectivity index (χ1n) is 9.90. The SMILES string of the molecule is COc1ccccc1[C@@H](C)N[C@H](C)C(=O)Nc1ccccc1C(=O)c1ccccc1. The minimum Gasteiger partial charge on any atom is -0.496 e. The van der Waals surface area contributed by atoms with Gasteiger partial charge < -0.3 is 10.1 Å². The van der Waals surface area contributed by atoms with Crippen LogP contribution in [0.15, 0.2) is 78.9 Å². The van der Waals surface area contributed by atoms with Gasteiger partial charge in [0.2, 0.25) is 5.91 Å². The number of anilines is 1. The summed E-state index contributed by atoms with van der Waals surface area (Å²) in [5.41, 5.74) is 2.51. The molecule has 154 valence electrons. The molecular weight excluding hydrogens is 376 g/mol. The van der Waals surface area contributed by atoms with Crippen molar-refractivity contribution in [2.24, 2.45) is 0 Å². The molecule has 0 unspecified atom stereocenters. The summed E-state index contributed by atoms with van der Waals surface area (Å²) in [6.45, 7) is 3.78. The van der Waals surface area contributed by atoms with Crippen molar-refractivity contribution in [1.82, 2.24) is 5.32 Å². The number of rotatable bonds is 8. The summed E-state index contributed by atoms with van der Waals surface area (Å²) in [7, 11) is 1.63. The molecule has 1 amide bonds. The fourth-order valence-corrected chi connectivity index (χ4v) is 3.34. The highest BCUT2D eigenvalue weighted by atomic mass is 16.5. The zero-order valence-corrected chi connectivity index (χ0v) is 17.4. The van der Waals surface area contributed by atoms with E-state index in [0.29, 0.717) is 16.8 Å². The van der Waals surface area contributed by atoms with Gasteiger partial charge in [-0.2, -0.15) is 0 Å². The van der Waals surface area contributed by atoms with E-state index in [1.54, 1.807) is 50.4 Å². The third kappa shape index (κ3) is 4.93. The monoisotopic (exact) mass is 402 g/mol. The van der Waals surface area contributed by atoms with Gasteiger partial charge >= 0.3 is 0 Å². The van der Waals surface area contributed by atoms with Crippen LogP contribution in [0.2, 0.25) is 0 Å². The molecule has 0 heterocycles. The number of carbonyl (C=O) groups excluding carboxylic acids is 2. The van der Waals surface area contributed by atoms with Crippen molar-refractivity contribution in [3.05, 3.63) is 95.6 Å². The Bertz CT molecular complexity index is 1020. The van der Waals surface area contributed by atoms with E-state index >= 15 is 0 Å². The van der Waals surface area contributed by atoms with Crippen molar-refractivity contribution in [3.8, 4) is 5.75 Å². The van der Waals surface area contributed by atoms with Crippen LogP contribution in [0.5, 0.6) is 5.75 Å². The molecule has 0 saturated carbocycles. The lowest BCUT2D eigenvalue weighted by atomic mass is 10.0. The molecule has 5 heteroatoms. The topological polar surface area (TPSA) is 67.4 Å². The summed E-state index contributed by atoms with van der Waals surface area (Å²) >= 11 is 0. The number of benzene rings is 3. The van der Waals surface area contributed by atoms with E-state index in [0.717, 1.165) is 11.3 Å². The first-order valence-corrected chi connectivity index (χ1v) is 9.90. The summed E-state index contributed by atoms with van der Waals surface area (Å²) in [6, 6.07) is 23.2. The number of ether oxygens (including phenoxy) is 1. The molecule has 0 spiro atoms.